The molecule has 0 aliphatic heterocycles. The standard InChI is InChI=1S/C63H39NO/c1-3-19-45-41(16-1)18-13-25-47(45)53-39-43(38-42-17-2-4-20-46(42)53)40-34-36-44(37-35-40)64(59-32-14-26-51-50-23-8-12-33-60(50)65-62(51)59)58-31-15-30-57-61(58)52-24-7-11-29-56(52)63(57)54-27-9-5-21-48(54)49-22-6-10-28-55(49)63/h1-39H. The molecule has 14 rings (SSSR count). The highest BCUT2D eigenvalue weighted by molar-refractivity contribution is 6.12. The average Bonchev–Trinajstić information content (AvgIpc) is 4.01. The van der Waals surface area contributed by atoms with Crippen molar-refractivity contribution in [1.82, 2.24) is 0 Å². The molecule has 1 spiro atoms. The van der Waals surface area contributed by atoms with Crippen LogP contribution in [-0.4, -0.2) is 0 Å². The summed E-state index contributed by atoms with van der Waals surface area (Å²) in [6, 6.07) is 87.0. The van der Waals surface area contributed by atoms with Gasteiger partial charge in [0, 0.05) is 22.0 Å². The van der Waals surface area contributed by atoms with E-state index in [4.69, 9.17) is 4.42 Å². The minimum absolute atomic E-state index is 0.464. The van der Waals surface area contributed by atoms with Gasteiger partial charge in [-0.25, -0.2) is 0 Å². The van der Waals surface area contributed by atoms with E-state index in [9.17, 15) is 0 Å². The number of benzene rings is 11. The zero-order valence-electron chi connectivity index (χ0n) is 35.4. The van der Waals surface area contributed by atoms with Crippen molar-refractivity contribution in [3.05, 3.63) is 259 Å². The molecule has 0 saturated carbocycles. The highest BCUT2D eigenvalue weighted by Gasteiger charge is 2.52. The molecule has 302 valence electrons. The van der Waals surface area contributed by atoms with E-state index in [2.05, 4.69) is 241 Å². The topological polar surface area (TPSA) is 16.4 Å². The van der Waals surface area contributed by atoms with Crippen molar-refractivity contribution in [1.29, 1.82) is 0 Å². The van der Waals surface area contributed by atoms with Crippen LogP contribution in [0.2, 0.25) is 0 Å². The number of rotatable bonds is 5. The number of furan rings is 1. The van der Waals surface area contributed by atoms with Crippen LogP contribution in [0.4, 0.5) is 17.1 Å². The maximum absolute atomic E-state index is 6.86. The third-order valence-corrected chi connectivity index (χ3v) is 14.3. The molecule has 1 aromatic heterocycles. The third kappa shape index (κ3) is 5.05. The second kappa shape index (κ2) is 13.8. The lowest BCUT2D eigenvalue weighted by Gasteiger charge is -2.31. The smallest absolute Gasteiger partial charge is 0.159 e. The van der Waals surface area contributed by atoms with Gasteiger partial charge in [0.1, 0.15) is 5.58 Å². The number of nitrogens with zero attached hydrogens (tertiary/aromatic N) is 1. The largest absolute Gasteiger partial charge is 0.454 e. The molecule has 2 aliphatic carbocycles. The fraction of sp³-hybridized carbons (Fsp3) is 0.0159. The Bertz CT molecular complexity index is 3860. The minimum Gasteiger partial charge on any atom is -0.454 e. The average molecular weight is 826 g/mol. The lowest BCUT2D eigenvalue weighted by molar-refractivity contribution is 0.669. The number of fused-ring (bicyclic) bond motifs is 15. The predicted octanol–water partition coefficient (Wildman–Crippen LogP) is 17.0. The summed E-state index contributed by atoms with van der Waals surface area (Å²) in [7, 11) is 0. The van der Waals surface area contributed by atoms with Crippen molar-refractivity contribution >= 4 is 60.5 Å². The molecule has 11 aromatic carbocycles. The third-order valence-electron chi connectivity index (χ3n) is 14.3. The maximum Gasteiger partial charge on any atom is 0.159 e. The Balaban J connectivity index is 1.00. The monoisotopic (exact) mass is 825 g/mol. The first-order chi connectivity index (χ1) is 32.3. The molecule has 0 amide bonds. The minimum atomic E-state index is -0.464. The van der Waals surface area contributed by atoms with Crippen LogP contribution in [-0.2, 0) is 5.41 Å². The quantitative estimate of drug-likeness (QED) is 0.172. The number of hydrogen-bond acceptors (Lipinski definition) is 2. The molecule has 0 radical (unpaired) electrons. The van der Waals surface area contributed by atoms with Crippen molar-refractivity contribution in [2.75, 3.05) is 4.90 Å². The van der Waals surface area contributed by atoms with E-state index < -0.39 is 5.41 Å². The molecule has 0 atom stereocenters. The highest BCUT2D eigenvalue weighted by Crippen LogP contribution is 2.65. The van der Waals surface area contributed by atoms with Crippen LogP contribution in [0.15, 0.2) is 241 Å². The molecule has 2 aliphatic rings. The molecular formula is C63H39NO. The second-order valence-electron chi connectivity index (χ2n) is 17.5. The molecular weight excluding hydrogens is 787 g/mol. The van der Waals surface area contributed by atoms with Crippen molar-refractivity contribution in [3.63, 3.8) is 0 Å². The van der Waals surface area contributed by atoms with Crippen LogP contribution in [0, 0.1) is 0 Å². The van der Waals surface area contributed by atoms with E-state index in [0.29, 0.717) is 0 Å². The van der Waals surface area contributed by atoms with Crippen molar-refractivity contribution in [2.24, 2.45) is 0 Å². The van der Waals surface area contributed by atoms with Crippen LogP contribution < -0.4 is 4.90 Å². The van der Waals surface area contributed by atoms with Crippen LogP contribution in [0.1, 0.15) is 22.3 Å². The molecule has 12 aromatic rings. The fourth-order valence-corrected chi connectivity index (χ4v) is 11.6. The lowest BCUT2D eigenvalue weighted by atomic mass is 9.70. The summed E-state index contributed by atoms with van der Waals surface area (Å²) in [6.07, 6.45) is 0. The van der Waals surface area contributed by atoms with Crippen LogP contribution >= 0.6 is 0 Å². The summed E-state index contributed by atoms with van der Waals surface area (Å²) in [5, 5.41) is 7.17. The van der Waals surface area contributed by atoms with Gasteiger partial charge in [0.25, 0.3) is 0 Å². The molecule has 65 heavy (non-hydrogen) atoms. The van der Waals surface area contributed by atoms with Gasteiger partial charge in [0.15, 0.2) is 5.58 Å². The van der Waals surface area contributed by atoms with Crippen LogP contribution in [0.3, 0.4) is 0 Å². The van der Waals surface area contributed by atoms with Crippen LogP contribution in [0.25, 0.3) is 88.0 Å². The Kier molecular flexibility index (Phi) is 7.64. The summed E-state index contributed by atoms with van der Waals surface area (Å²) in [5.41, 5.74) is 19.6. The van der Waals surface area contributed by atoms with Gasteiger partial charge in [0.05, 0.1) is 16.8 Å². The molecule has 0 saturated heterocycles. The summed E-state index contributed by atoms with van der Waals surface area (Å²) in [5.74, 6) is 0. The van der Waals surface area contributed by atoms with E-state index in [1.54, 1.807) is 0 Å². The molecule has 2 heteroatoms. The van der Waals surface area contributed by atoms with Crippen molar-refractivity contribution < 1.29 is 4.42 Å². The van der Waals surface area contributed by atoms with Gasteiger partial charge in [-0.2, -0.15) is 0 Å². The summed E-state index contributed by atoms with van der Waals surface area (Å²) < 4.78 is 6.86. The van der Waals surface area contributed by atoms with Crippen LogP contribution in [0.5, 0.6) is 0 Å². The molecule has 0 N–H and O–H groups in total. The molecule has 1 heterocycles. The molecule has 0 bridgehead atoms. The Morgan fingerprint density at radius 3 is 1.62 bits per heavy atom. The van der Waals surface area contributed by atoms with E-state index in [-0.39, 0.29) is 0 Å². The SMILES string of the molecule is c1ccc2c(c1)-c1ccccc1C21c2ccccc2-c2c(N(c3ccc(-c4cc(-c5cccc6ccccc56)c5ccccc5c4)cc3)c3cccc4c3oc3ccccc34)cccc21. The normalized spacial score (nSPS) is 13.0. The predicted molar refractivity (Wildman–Crippen MR) is 271 cm³/mol. The Morgan fingerprint density at radius 2 is 0.846 bits per heavy atom. The molecule has 2 nitrogen and oxygen atoms in total. The Labute approximate surface area is 376 Å². The lowest BCUT2D eigenvalue weighted by Crippen LogP contribution is -2.26. The van der Waals surface area contributed by atoms with Gasteiger partial charge in [-0.15, -0.1) is 0 Å². The number of hydrogen-bond donors (Lipinski definition) is 0. The van der Waals surface area contributed by atoms with E-state index in [1.807, 2.05) is 0 Å². The summed E-state index contributed by atoms with van der Waals surface area (Å²) in [6.45, 7) is 0. The summed E-state index contributed by atoms with van der Waals surface area (Å²) >= 11 is 0. The summed E-state index contributed by atoms with van der Waals surface area (Å²) in [4.78, 5) is 2.44. The second-order valence-corrected chi connectivity index (χ2v) is 17.5. The fourth-order valence-electron chi connectivity index (χ4n) is 11.6. The number of anilines is 3. The highest BCUT2D eigenvalue weighted by atomic mass is 16.3. The van der Waals surface area contributed by atoms with Gasteiger partial charge >= 0.3 is 0 Å². The van der Waals surface area contributed by atoms with Gasteiger partial charge in [0.2, 0.25) is 0 Å². The molecule has 0 unspecified atom stereocenters. The first-order valence-electron chi connectivity index (χ1n) is 22.5. The first-order valence-corrected chi connectivity index (χ1v) is 22.5. The Morgan fingerprint density at radius 1 is 0.323 bits per heavy atom. The zero-order chi connectivity index (χ0) is 42.6. The van der Waals surface area contributed by atoms with Crippen molar-refractivity contribution in [3.8, 4) is 44.5 Å². The first kappa shape index (κ1) is 36.1. The van der Waals surface area contributed by atoms with Gasteiger partial charge in [-0.3, -0.25) is 0 Å². The maximum atomic E-state index is 6.86. The zero-order valence-corrected chi connectivity index (χ0v) is 35.4. The van der Waals surface area contributed by atoms with Gasteiger partial charge < -0.3 is 9.32 Å². The van der Waals surface area contributed by atoms with E-state index >= 15 is 0 Å². The van der Waals surface area contributed by atoms with Gasteiger partial charge in [-0.1, -0.05) is 194 Å². The van der Waals surface area contributed by atoms with E-state index in [1.165, 1.54) is 82.7 Å². The Hall–Kier alpha value is -8.46. The van der Waals surface area contributed by atoms with Gasteiger partial charge in [-0.05, 0) is 125 Å². The van der Waals surface area contributed by atoms with E-state index in [0.717, 1.165) is 44.6 Å². The van der Waals surface area contributed by atoms with Crippen molar-refractivity contribution in [2.45, 2.75) is 5.41 Å². The number of para-hydroxylation sites is 2. The molecule has 0 fully saturated rings.